The van der Waals surface area contributed by atoms with E-state index in [0.29, 0.717) is 6.61 Å². The molecule has 2 heterocycles. The van der Waals surface area contributed by atoms with Crippen molar-refractivity contribution in [3.63, 3.8) is 0 Å². The molecule has 1 fully saturated rings. The zero-order chi connectivity index (χ0) is 16.8. The number of nitrogens with zero attached hydrogens (tertiary/aromatic N) is 2. The maximum Gasteiger partial charge on any atom is 0.313 e. The molecule has 1 atom stereocenters. The summed E-state index contributed by atoms with van der Waals surface area (Å²) < 4.78 is 5.45. The lowest BCUT2D eigenvalue weighted by atomic mass is 9.75. The molecule has 1 saturated heterocycles. The Morgan fingerprint density at radius 1 is 1.33 bits per heavy atom. The van der Waals surface area contributed by atoms with Crippen molar-refractivity contribution in [2.45, 2.75) is 32.7 Å². The van der Waals surface area contributed by atoms with E-state index in [9.17, 15) is 4.79 Å². The van der Waals surface area contributed by atoms with Gasteiger partial charge in [-0.2, -0.15) is 5.10 Å². The first kappa shape index (κ1) is 16.7. The monoisotopic (exact) mass is 327 g/mol. The minimum Gasteiger partial charge on any atom is -0.466 e. The Bertz CT molecular complexity index is 642. The summed E-state index contributed by atoms with van der Waals surface area (Å²) in [7, 11) is 0. The fourth-order valence-electron chi connectivity index (χ4n) is 3.63. The zero-order valence-electron chi connectivity index (χ0n) is 14.2. The molecule has 5 heteroatoms. The van der Waals surface area contributed by atoms with Gasteiger partial charge < -0.3 is 4.74 Å². The van der Waals surface area contributed by atoms with Gasteiger partial charge in [-0.25, -0.2) is 0 Å². The molecule has 1 aliphatic heterocycles. The molecule has 0 saturated carbocycles. The first-order chi connectivity index (χ1) is 11.7. The predicted octanol–water partition coefficient (Wildman–Crippen LogP) is 2.80. The topological polar surface area (TPSA) is 58.2 Å². The van der Waals surface area contributed by atoms with E-state index in [1.807, 2.05) is 31.2 Å². The summed E-state index contributed by atoms with van der Waals surface area (Å²) in [5, 5.41) is 7.02. The molecule has 1 aliphatic rings. The van der Waals surface area contributed by atoms with Crippen LogP contribution in [0.15, 0.2) is 42.6 Å². The third kappa shape index (κ3) is 3.85. The predicted molar refractivity (Wildman–Crippen MR) is 92.3 cm³/mol. The SMILES string of the molecule is CCOC(=O)[C@@]1(Cc2ccccc2)CCCN(Cc2ccn[nH]2)C1. The van der Waals surface area contributed by atoms with Crippen LogP contribution in [0.5, 0.6) is 0 Å². The lowest BCUT2D eigenvalue weighted by molar-refractivity contribution is -0.159. The highest BCUT2D eigenvalue weighted by atomic mass is 16.5. The maximum atomic E-state index is 12.8. The van der Waals surface area contributed by atoms with Crippen molar-refractivity contribution in [3.8, 4) is 0 Å². The molecular weight excluding hydrogens is 302 g/mol. The van der Waals surface area contributed by atoms with Gasteiger partial charge in [0.15, 0.2) is 0 Å². The van der Waals surface area contributed by atoms with E-state index in [1.54, 1.807) is 6.20 Å². The van der Waals surface area contributed by atoms with E-state index >= 15 is 0 Å². The van der Waals surface area contributed by atoms with Crippen LogP contribution < -0.4 is 0 Å². The highest BCUT2D eigenvalue weighted by Gasteiger charge is 2.43. The highest BCUT2D eigenvalue weighted by molar-refractivity contribution is 5.77. The number of esters is 1. The van der Waals surface area contributed by atoms with Gasteiger partial charge in [-0.3, -0.25) is 14.8 Å². The maximum absolute atomic E-state index is 12.8. The van der Waals surface area contributed by atoms with E-state index in [-0.39, 0.29) is 5.97 Å². The smallest absolute Gasteiger partial charge is 0.313 e. The number of piperidine rings is 1. The van der Waals surface area contributed by atoms with Gasteiger partial charge in [0.25, 0.3) is 0 Å². The van der Waals surface area contributed by atoms with E-state index < -0.39 is 5.41 Å². The molecule has 5 nitrogen and oxygen atoms in total. The quantitative estimate of drug-likeness (QED) is 0.829. The molecule has 128 valence electrons. The van der Waals surface area contributed by atoms with Crippen molar-refractivity contribution in [2.75, 3.05) is 19.7 Å². The average Bonchev–Trinajstić information content (AvgIpc) is 3.09. The van der Waals surface area contributed by atoms with Gasteiger partial charge in [-0.1, -0.05) is 30.3 Å². The molecule has 0 amide bonds. The van der Waals surface area contributed by atoms with Crippen molar-refractivity contribution in [3.05, 3.63) is 53.9 Å². The van der Waals surface area contributed by atoms with Crippen LogP contribution in [0.3, 0.4) is 0 Å². The number of carbonyl (C=O) groups excluding carboxylic acids is 1. The van der Waals surface area contributed by atoms with Crippen LogP contribution in [0.4, 0.5) is 0 Å². The molecule has 24 heavy (non-hydrogen) atoms. The summed E-state index contributed by atoms with van der Waals surface area (Å²) >= 11 is 0. The Morgan fingerprint density at radius 2 is 2.17 bits per heavy atom. The number of rotatable bonds is 6. The Morgan fingerprint density at radius 3 is 2.88 bits per heavy atom. The number of carbonyl (C=O) groups is 1. The summed E-state index contributed by atoms with van der Waals surface area (Å²) in [5.41, 5.74) is 1.80. The standard InChI is InChI=1S/C19H25N3O2/c1-2-24-18(23)19(13-16-7-4-3-5-8-16)10-6-12-22(15-19)14-17-9-11-20-21-17/h3-5,7-9,11H,2,6,10,12-15H2,1H3,(H,20,21)/t19-/m1/s1. The third-order valence-electron chi connectivity index (χ3n) is 4.70. The van der Waals surface area contributed by atoms with Crippen LogP contribution >= 0.6 is 0 Å². The summed E-state index contributed by atoms with van der Waals surface area (Å²) in [6, 6.07) is 12.2. The molecule has 3 rings (SSSR count). The number of hydrogen-bond acceptors (Lipinski definition) is 4. The van der Waals surface area contributed by atoms with Crippen molar-refractivity contribution in [1.82, 2.24) is 15.1 Å². The average molecular weight is 327 g/mol. The van der Waals surface area contributed by atoms with Crippen molar-refractivity contribution in [2.24, 2.45) is 5.41 Å². The van der Waals surface area contributed by atoms with Gasteiger partial charge in [0.2, 0.25) is 0 Å². The Hall–Kier alpha value is -2.14. The van der Waals surface area contributed by atoms with Gasteiger partial charge in [0.1, 0.15) is 0 Å². The van der Waals surface area contributed by atoms with Crippen LogP contribution in [0.2, 0.25) is 0 Å². The number of aromatic amines is 1. The number of nitrogens with one attached hydrogen (secondary N) is 1. The molecule has 1 N–H and O–H groups in total. The summed E-state index contributed by atoms with van der Waals surface area (Å²) in [6.45, 7) is 4.81. The fourth-order valence-corrected chi connectivity index (χ4v) is 3.63. The summed E-state index contributed by atoms with van der Waals surface area (Å²) in [4.78, 5) is 15.1. The molecule has 1 aromatic carbocycles. The van der Waals surface area contributed by atoms with Crippen LogP contribution in [0, 0.1) is 5.41 Å². The van der Waals surface area contributed by atoms with Crippen molar-refractivity contribution < 1.29 is 9.53 Å². The first-order valence-electron chi connectivity index (χ1n) is 8.63. The Labute approximate surface area is 143 Å². The molecule has 0 spiro atoms. The molecule has 0 unspecified atom stereocenters. The molecule has 0 radical (unpaired) electrons. The van der Waals surface area contributed by atoms with Crippen molar-refractivity contribution >= 4 is 5.97 Å². The van der Waals surface area contributed by atoms with Gasteiger partial charge in [-0.05, 0) is 44.4 Å². The molecule has 2 aromatic rings. The molecular formula is C19H25N3O2. The number of ether oxygens (including phenoxy) is 1. The second-order valence-electron chi connectivity index (χ2n) is 6.56. The second-order valence-corrected chi connectivity index (χ2v) is 6.56. The van der Waals surface area contributed by atoms with Gasteiger partial charge in [-0.15, -0.1) is 0 Å². The van der Waals surface area contributed by atoms with Crippen LogP contribution in [0.25, 0.3) is 0 Å². The largest absolute Gasteiger partial charge is 0.466 e. The van der Waals surface area contributed by atoms with Gasteiger partial charge in [0.05, 0.1) is 12.0 Å². The zero-order valence-corrected chi connectivity index (χ0v) is 14.2. The number of likely N-dealkylation sites (tertiary alicyclic amines) is 1. The minimum atomic E-state index is -0.463. The minimum absolute atomic E-state index is 0.0665. The van der Waals surface area contributed by atoms with Gasteiger partial charge in [0, 0.05) is 25.0 Å². The fraction of sp³-hybridized carbons (Fsp3) is 0.474. The first-order valence-corrected chi connectivity index (χ1v) is 8.63. The van der Waals surface area contributed by atoms with Crippen LogP contribution in [-0.2, 0) is 22.5 Å². The van der Waals surface area contributed by atoms with E-state index in [2.05, 4.69) is 27.2 Å². The summed E-state index contributed by atoms with van der Waals surface area (Å²) in [6.07, 6.45) is 4.37. The van der Waals surface area contributed by atoms with Crippen LogP contribution in [0.1, 0.15) is 31.0 Å². The number of hydrogen-bond donors (Lipinski definition) is 1. The molecule has 1 aromatic heterocycles. The normalized spacial score (nSPS) is 21.5. The van der Waals surface area contributed by atoms with E-state index in [1.165, 1.54) is 5.56 Å². The van der Waals surface area contributed by atoms with Crippen LogP contribution in [-0.4, -0.2) is 40.8 Å². The molecule has 0 aliphatic carbocycles. The second kappa shape index (κ2) is 7.62. The summed E-state index contributed by atoms with van der Waals surface area (Å²) in [5.74, 6) is -0.0665. The number of H-pyrrole nitrogens is 1. The molecule has 0 bridgehead atoms. The lowest BCUT2D eigenvalue weighted by Gasteiger charge is -2.41. The van der Waals surface area contributed by atoms with E-state index in [4.69, 9.17) is 4.74 Å². The Kier molecular flexibility index (Phi) is 5.30. The Balaban J connectivity index is 1.79. The van der Waals surface area contributed by atoms with E-state index in [0.717, 1.165) is 44.6 Å². The third-order valence-corrected chi connectivity index (χ3v) is 4.70. The highest BCUT2D eigenvalue weighted by Crippen LogP contribution is 2.35. The van der Waals surface area contributed by atoms with Crippen molar-refractivity contribution in [1.29, 1.82) is 0 Å². The van der Waals surface area contributed by atoms with Gasteiger partial charge >= 0.3 is 5.97 Å². The lowest BCUT2D eigenvalue weighted by Crippen LogP contribution is -2.49. The number of aromatic nitrogens is 2. The number of benzene rings is 1.